The molecule has 0 aliphatic carbocycles. The van der Waals surface area contributed by atoms with Gasteiger partial charge in [-0.15, -0.1) is 11.3 Å². The lowest BCUT2D eigenvalue weighted by molar-refractivity contribution is -0.304. The van der Waals surface area contributed by atoms with Gasteiger partial charge in [-0.05, 0) is 18.2 Å². The molecule has 1 heterocycles. The molecule has 2 rings (SSSR count). The first kappa shape index (κ1) is 16.0. The summed E-state index contributed by atoms with van der Waals surface area (Å²) in [5, 5.41) is 10.9. The average Bonchev–Trinajstić information content (AvgIpc) is 2.78. The highest BCUT2D eigenvalue weighted by molar-refractivity contribution is 7.93. The number of aromatic nitrogens is 1. The van der Waals surface area contributed by atoms with E-state index in [1.165, 1.54) is 24.4 Å². The van der Waals surface area contributed by atoms with E-state index < -0.39 is 16.0 Å². The van der Waals surface area contributed by atoms with Crippen molar-refractivity contribution in [3.8, 4) is 0 Å². The smallest absolute Gasteiger partial charge is 0.263 e. The maximum atomic E-state index is 12.1. The van der Waals surface area contributed by atoms with Gasteiger partial charge in [-0.1, -0.05) is 23.2 Å². The number of sulfonamides is 1. The average molecular weight is 366 g/mol. The largest absolute Gasteiger partial charge is 0.550 e. The summed E-state index contributed by atoms with van der Waals surface area (Å²) in [5.41, 5.74) is 0. The number of aliphatic carboxylic acids is 1. The second-order valence-corrected chi connectivity index (χ2v) is 7.47. The molecule has 0 saturated heterocycles. The van der Waals surface area contributed by atoms with Gasteiger partial charge in [0.25, 0.3) is 10.0 Å². The van der Waals surface area contributed by atoms with E-state index in [1.54, 1.807) is 0 Å². The molecule has 6 nitrogen and oxygen atoms in total. The van der Waals surface area contributed by atoms with Crippen LogP contribution >= 0.6 is 34.5 Å². The van der Waals surface area contributed by atoms with Gasteiger partial charge >= 0.3 is 0 Å². The molecule has 0 saturated carbocycles. The first-order valence-electron chi connectivity index (χ1n) is 5.40. The molecule has 0 amide bonds. The molecule has 0 unspecified atom stereocenters. The Labute approximate surface area is 134 Å². The predicted molar refractivity (Wildman–Crippen MR) is 78.1 cm³/mol. The van der Waals surface area contributed by atoms with Crippen LogP contribution in [0.5, 0.6) is 0 Å². The molecule has 0 bridgehead atoms. The van der Waals surface area contributed by atoms with Crippen LogP contribution in [-0.4, -0.2) is 19.4 Å². The van der Waals surface area contributed by atoms with Gasteiger partial charge in [-0.2, -0.15) is 0 Å². The van der Waals surface area contributed by atoms with Crippen LogP contribution in [0, 0.1) is 0 Å². The summed E-state index contributed by atoms with van der Waals surface area (Å²) in [5.74, 6) is -1.27. The number of nitrogens with zero attached hydrogens (tertiary/aromatic N) is 1. The van der Waals surface area contributed by atoms with Crippen molar-refractivity contribution in [2.24, 2.45) is 0 Å². The van der Waals surface area contributed by atoms with Crippen LogP contribution in [0.2, 0.25) is 10.0 Å². The number of nitrogens with one attached hydrogen (secondary N) is 1. The van der Waals surface area contributed by atoms with Gasteiger partial charge in [0, 0.05) is 23.5 Å². The third-order valence-electron chi connectivity index (χ3n) is 2.30. The number of thiazole rings is 1. The molecule has 0 spiro atoms. The molecule has 1 N–H and O–H groups in total. The molecule has 0 aliphatic rings. The molecule has 21 heavy (non-hydrogen) atoms. The quantitative estimate of drug-likeness (QED) is 0.866. The highest BCUT2D eigenvalue weighted by Gasteiger charge is 2.17. The van der Waals surface area contributed by atoms with Gasteiger partial charge in [0.1, 0.15) is 0 Å². The molecule has 1 aromatic heterocycles. The van der Waals surface area contributed by atoms with Crippen LogP contribution in [0.1, 0.15) is 4.88 Å². The van der Waals surface area contributed by atoms with Gasteiger partial charge in [0.05, 0.1) is 14.9 Å². The zero-order valence-corrected chi connectivity index (χ0v) is 13.3. The van der Waals surface area contributed by atoms with Gasteiger partial charge in [0.15, 0.2) is 5.13 Å². The highest BCUT2D eigenvalue weighted by Crippen LogP contribution is 2.27. The van der Waals surface area contributed by atoms with E-state index >= 15 is 0 Å². The van der Waals surface area contributed by atoms with Gasteiger partial charge in [-0.25, -0.2) is 13.4 Å². The van der Waals surface area contributed by atoms with Crippen molar-refractivity contribution in [1.82, 2.24) is 4.98 Å². The van der Waals surface area contributed by atoms with Gasteiger partial charge < -0.3 is 9.90 Å². The Balaban J connectivity index is 2.22. The Hall–Kier alpha value is -1.35. The number of carbonyl (C=O) groups is 1. The molecule has 0 atom stereocenters. The predicted octanol–water partition coefficient (Wildman–Crippen LogP) is 1.54. The van der Waals surface area contributed by atoms with Crippen molar-refractivity contribution in [2.75, 3.05) is 4.72 Å². The Kier molecular flexibility index (Phi) is 4.72. The summed E-state index contributed by atoms with van der Waals surface area (Å²) in [6.07, 6.45) is 0.944. The number of anilines is 1. The number of carboxylic acid groups (broad SMARTS) is 1. The number of carbonyl (C=O) groups excluding carboxylic acids is 1. The summed E-state index contributed by atoms with van der Waals surface area (Å²) in [6.45, 7) is 0. The lowest BCUT2D eigenvalue weighted by Gasteiger charge is -2.06. The number of carboxylic acids is 1. The second kappa shape index (κ2) is 6.18. The van der Waals surface area contributed by atoms with E-state index in [0.29, 0.717) is 4.88 Å². The fourth-order valence-corrected chi connectivity index (χ4v) is 3.82. The standard InChI is InChI=1S/C11H8Cl2N2O4S2/c12-8-2-1-7(4-9(8)13)21(18,19)15-11-14-5-6(20-11)3-10(16)17/h1-2,4-5H,3H2,(H,14,15)(H,16,17)/p-1. The van der Waals surface area contributed by atoms with Crippen molar-refractivity contribution in [2.45, 2.75) is 11.3 Å². The highest BCUT2D eigenvalue weighted by atomic mass is 35.5. The van der Waals surface area contributed by atoms with E-state index in [2.05, 4.69) is 9.71 Å². The maximum Gasteiger partial charge on any atom is 0.263 e. The number of hydrogen-bond acceptors (Lipinski definition) is 6. The lowest BCUT2D eigenvalue weighted by Crippen LogP contribution is -2.23. The van der Waals surface area contributed by atoms with Crippen molar-refractivity contribution in [3.63, 3.8) is 0 Å². The third kappa shape index (κ3) is 4.07. The molecule has 0 aliphatic heterocycles. The molecule has 10 heteroatoms. The van der Waals surface area contributed by atoms with E-state index in [9.17, 15) is 18.3 Å². The maximum absolute atomic E-state index is 12.1. The normalized spacial score (nSPS) is 11.3. The van der Waals surface area contributed by atoms with Crippen molar-refractivity contribution < 1.29 is 18.3 Å². The van der Waals surface area contributed by atoms with Crippen LogP contribution in [0.15, 0.2) is 29.3 Å². The summed E-state index contributed by atoms with van der Waals surface area (Å²) < 4.78 is 26.5. The fourth-order valence-electron chi connectivity index (χ4n) is 1.40. The Morgan fingerprint density at radius 1 is 1.33 bits per heavy atom. The summed E-state index contributed by atoms with van der Waals surface area (Å²) in [6, 6.07) is 3.87. The number of hydrogen-bond donors (Lipinski definition) is 1. The van der Waals surface area contributed by atoms with E-state index in [4.69, 9.17) is 23.2 Å². The Morgan fingerprint density at radius 3 is 2.67 bits per heavy atom. The van der Waals surface area contributed by atoms with Crippen LogP contribution < -0.4 is 9.83 Å². The number of benzene rings is 1. The van der Waals surface area contributed by atoms with E-state index in [1.807, 2.05) is 0 Å². The molecule has 0 fully saturated rings. The van der Waals surface area contributed by atoms with Gasteiger partial charge in [0.2, 0.25) is 0 Å². The number of halogens is 2. The van der Waals surface area contributed by atoms with E-state index in [-0.39, 0.29) is 26.5 Å². The monoisotopic (exact) mass is 365 g/mol. The second-order valence-electron chi connectivity index (χ2n) is 3.86. The Bertz CT molecular complexity index is 789. The summed E-state index contributed by atoms with van der Waals surface area (Å²) >= 11 is 12.4. The van der Waals surface area contributed by atoms with Crippen LogP contribution in [0.25, 0.3) is 0 Å². The fraction of sp³-hybridized carbons (Fsp3) is 0.0909. The van der Waals surface area contributed by atoms with E-state index in [0.717, 1.165) is 11.3 Å². The first-order valence-corrected chi connectivity index (χ1v) is 8.46. The first-order chi connectivity index (χ1) is 9.78. The van der Waals surface area contributed by atoms with Crippen molar-refractivity contribution in [3.05, 3.63) is 39.3 Å². The van der Waals surface area contributed by atoms with Crippen LogP contribution in [0.3, 0.4) is 0 Å². The molecular formula is C11H7Cl2N2O4S2-. The topological polar surface area (TPSA) is 99.2 Å². The molecule has 0 radical (unpaired) electrons. The minimum absolute atomic E-state index is 0.0531. The van der Waals surface area contributed by atoms with Crippen LogP contribution in [0.4, 0.5) is 5.13 Å². The third-order valence-corrected chi connectivity index (χ3v) is 5.41. The lowest BCUT2D eigenvalue weighted by atomic mass is 10.4. The van der Waals surface area contributed by atoms with Crippen molar-refractivity contribution in [1.29, 1.82) is 0 Å². The Morgan fingerprint density at radius 2 is 2.05 bits per heavy atom. The molecule has 112 valence electrons. The van der Waals surface area contributed by atoms with Crippen molar-refractivity contribution >= 4 is 55.7 Å². The van der Waals surface area contributed by atoms with Crippen LogP contribution in [-0.2, 0) is 21.2 Å². The SMILES string of the molecule is O=C([O-])Cc1cnc(NS(=O)(=O)c2ccc(Cl)c(Cl)c2)s1. The van der Waals surface area contributed by atoms with Gasteiger partial charge in [-0.3, -0.25) is 4.72 Å². The molecular weight excluding hydrogens is 359 g/mol. The molecule has 2 aromatic rings. The minimum atomic E-state index is -3.88. The zero-order valence-electron chi connectivity index (χ0n) is 10.2. The molecule has 1 aromatic carbocycles. The summed E-state index contributed by atoms with van der Waals surface area (Å²) in [7, 11) is -3.88. The summed E-state index contributed by atoms with van der Waals surface area (Å²) in [4.78, 5) is 14.6. The number of rotatable bonds is 5. The minimum Gasteiger partial charge on any atom is -0.550 e. The zero-order chi connectivity index (χ0) is 15.6.